The Labute approximate surface area is 132 Å². The Morgan fingerprint density at radius 3 is 2.68 bits per heavy atom. The number of hydrogen-bond acceptors (Lipinski definition) is 2. The van der Waals surface area contributed by atoms with Gasteiger partial charge in [-0.3, -0.25) is 0 Å². The average Bonchev–Trinajstić information content (AvgIpc) is 2.41. The second-order valence-corrected chi connectivity index (χ2v) is 6.03. The van der Waals surface area contributed by atoms with Crippen LogP contribution in [-0.2, 0) is 0 Å². The number of ether oxygens (including phenoxy) is 1. The predicted molar refractivity (Wildman–Crippen MR) is 83.9 cm³/mol. The number of hydrogen-bond donors (Lipinski definition) is 1. The summed E-state index contributed by atoms with van der Waals surface area (Å²) in [4.78, 5) is 0. The van der Waals surface area contributed by atoms with Gasteiger partial charge in [0.15, 0.2) is 11.6 Å². The van der Waals surface area contributed by atoms with Crippen LogP contribution in [0, 0.1) is 9.39 Å². The number of rotatable bonds is 3. The van der Waals surface area contributed by atoms with E-state index in [1.807, 2.05) is 18.2 Å². The quantitative estimate of drug-likeness (QED) is 0.727. The number of aliphatic hydroxyl groups is 1. The van der Waals surface area contributed by atoms with Crippen molar-refractivity contribution in [3.63, 3.8) is 0 Å². The molecule has 0 aliphatic carbocycles. The molecule has 0 bridgehead atoms. The molecule has 2 nitrogen and oxygen atoms in total. The Kier molecular flexibility index (Phi) is 4.81. The maximum Gasteiger partial charge on any atom is 0.171 e. The van der Waals surface area contributed by atoms with Crippen molar-refractivity contribution < 1.29 is 14.2 Å². The molecule has 0 heterocycles. The number of aliphatic hydroxyl groups excluding tert-OH is 1. The lowest BCUT2D eigenvalue weighted by molar-refractivity contribution is 0.212. The van der Waals surface area contributed by atoms with E-state index in [4.69, 9.17) is 4.74 Å². The van der Waals surface area contributed by atoms with E-state index in [2.05, 4.69) is 38.5 Å². The number of halogens is 3. The van der Waals surface area contributed by atoms with Gasteiger partial charge in [0, 0.05) is 19.2 Å². The van der Waals surface area contributed by atoms with Gasteiger partial charge >= 0.3 is 0 Å². The molecule has 0 fully saturated rings. The Morgan fingerprint density at radius 2 is 2.00 bits per heavy atom. The van der Waals surface area contributed by atoms with Crippen molar-refractivity contribution in [1.82, 2.24) is 0 Å². The second kappa shape index (κ2) is 6.19. The van der Waals surface area contributed by atoms with Crippen LogP contribution in [0.1, 0.15) is 17.2 Å². The van der Waals surface area contributed by atoms with E-state index in [9.17, 15) is 9.50 Å². The maximum absolute atomic E-state index is 14.1. The van der Waals surface area contributed by atoms with E-state index in [-0.39, 0.29) is 11.3 Å². The fourth-order valence-electron chi connectivity index (χ4n) is 1.79. The minimum absolute atomic E-state index is 0.123. The minimum atomic E-state index is -1.04. The fourth-order valence-corrected chi connectivity index (χ4v) is 2.77. The van der Waals surface area contributed by atoms with Crippen molar-refractivity contribution in [2.45, 2.75) is 6.10 Å². The van der Waals surface area contributed by atoms with Crippen LogP contribution < -0.4 is 4.74 Å². The molecule has 1 N–H and O–H groups in total. The highest BCUT2D eigenvalue weighted by Gasteiger charge is 2.20. The van der Waals surface area contributed by atoms with Gasteiger partial charge in [-0.25, -0.2) is 4.39 Å². The summed E-state index contributed by atoms with van der Waals surface area (Å²) < 4.78 is 20.8. The molecule has 0 aliphatic rings. The third-order valence-corrected chi connectivity index (χ3v) is 4.15. The molecule has 100 valence electrons. The first-order valence-electron chi connectivity index (χ1n) is 5.50. The predicted octanol–water partition coefficient (Wildman–Crippen LogP) is 4.28. The van der Waals surface area contributed by atoms with E-state index in [1.165, 1.54) is 13.2 Å². The van der Waals surface area contributed by atoms with Crippen LogP contribution in [0.2, 0.25) is 0 Å². The highest BCUT2D eigenvalue weighted by molar-refractivity contribution is 14.1. The lowest BCUT2D eigenvalue weighted by Gasteiger charge is -2.16. The van der Waals surface area contributed by atoms with Gasteiger partial charge in [0.25, 0.3) is 0 Å². The van der Waals surface area contributed by atoms with Crippen LogP contribution in [0.4, 0.5) is 4.39 Å². The van der Waals surface area contributed by atoms with E-state index in [1.54, 1.807) is 12.1 Å². The van der Waals surface area contributed by atoms with Crippen molar-refractivity contribution in [2.75, 3.05) is 7.11 Å². The van der Waals surface area contributed by atoms with E-state index in [0.29, 0.717) is 5.56 Å². The van der Waals surface area contributed by atoms with Crippen LogP contribution in [0.3, 0.4) is 0 Å². The van der Waals surface area contributed by atoms with Crippen LogP contribution in [-0.4, -0.2) is 12.2 Å². The summed E-state index contributed by atoms with van der Waals surface area (Å²) in [6.07, 6.45) is -1.04. The molecule has 0 saturated heterocycles. The van der Waals surface area contributed by atoms with Crippen LogP contribution in [0.15, 0.2) is 40.9 Å². The number of benzene rings is 2. The zero-order valence-electron chi connectivity index (χ0n) is 10.0. The second-order valence-electron chi connectivity index (χ2n) is 3.93. The van der Waals surface area contributed by atoms with Crippen LogP contribution in [0.25, 0.3) is 0 Å². The van der Waals surface area contributed by atoms with Crippen molar-refractivity contribution in [3.8, 4) is 5.75 Å². The van der Waals surface area contributed by atoms with Gasteiger partial charge in [-0.15, -0.1) is 0 Å². The molecule has 2 aromatic carbocycles. The van der Waals surface area contributed by atoms with Gasteiger partial charge in [0.2, 0.25) is 0 Å². The van der Waals surface area contributed by atoms with E-state index >= 15 is 0 Å². The summed E-state index contributed by atoms with van der Waals surface area (Å²) >= 11 is 5.52. The molecule has 0 amide bonds. The van der Waals surface area contributed by atoms with Gasteiger partial charge in [0.1, 0.15) is 6.10 Å². The molecule has 0 radical (unpaired) electrons. The summed E-state index contributed by atoms with van der Waals surface area (Å²) in [7, 11) is 1.40. The summed E-state index contributed by atoms with van der Waals surface area (Å²) in [6.45, 7) is 0. The molecule has 2 rings (SSSR count). The summed E-state index contributed by atoms with van der Waals surface area (Å²) in [5.41, 5.74) is 0.820. The van der Waals surface area contributed by atoms with Crippen LogP contribution in [0.5, 0.6) is 5.75 Å². The normalized spacial score (nSPS) is 12.3. The minimum Gasteiger partial charge on any atom is -0.494 e. The number of methoxy groups -OCH3 is 1. The first-order valence-corrected chi connectivity index (χ1v) is 7.37. The molecular formula is C14H11BrFIO2. The molecule has 0 spiro atoms. The summed E-state index contributed by atoms with van der Waals surface area (Å²) in [5.74, 6) is -0.415. The van der Waals surface area contributed by atoms with Gasteiger partial charge in [-0.2, -0.15) is 0 Å². The Balaban J connectivity index is 2.50. The Hall–Kier alpha value is -0.660. The lowest BCUT2D eigenvalue weighted by atomic mass is 10.0. The SMILES string of the molecule is COc1cccc(C(O)c2cc(I)ccc2Br)c1F. The molecule has 19 heavy (non-hydrogen) atoms. The van der Waals surface area contributed by atoms with Crippen molar-refractivity contribution >= 4 is 38.5 Å². The zero-order chi connectivity index (χ0) is 14.0. The maximum atomic E-state index is 14.1. The van der Waals surface area contributed by atoms with E-state index in [0.717, 1.165) is 8.04 Å². The standard InChI is InChI=1S/C14H11BrFIO2/c1-19-12-4-2-3-9(13(12)16)14(18)10-7-8(17)5-6-11(10)15/h2-7,14,18H,1H3. The molecular weight excluding hydrogens is 426 g/mol. The molecule has 1 atom stereocenters. The smallest absolute Gasteiger partial charge is 0.171 e. The molecule has 2 aromatic rings. The molecule has 0 aromatic heterocycles. The fraction of sp³-hybridized carbons (Fsp3) is 0.143. The van der Waals surface area contributed by atoms with Crippen LogP contribution >= 0.6 is 38.5 Å². The topological polar surface area (TPSA) is 29.5 Å². The third kappa shape index (κ3) is 3.09. The zero-order valence-corrected chi connectivity index (χ0v) is 13.8. The highest BCUT2D eigenvalue weighted by Crippen LogP contribution is 2.33. The van der Waals surface area contributed by atoms with Crippen molar-refractivity contribution in [1.29, 1.82) is 0 Å². The molecule has 5 heteroatoms. The van der Waals surface area contributed by atoms with Gasteiger partial charge < -0.3 is 9.84 Å². The van der Waals surface area contributed by atoms with Gasteiger partial charge in [0.05, 0.1) is 7.11 Å². The molecule has 0 aliphatic heterocycles. The van der Waals surface area contributed by atoms with Gasteiger partial charge in [-0.1, -0.05) is 28.1 Å². The van der Waals surface area contributed by atoms with E-state index < -0.39 is 11.9 Å². The first-order chi connectivity index (χ1) is 9.04. The molecule has 1 unspecified atom stereocenters. The molecule has 0 saturated carbocycles. The van der Waals surface area contributed by atoms with Crippen molar-refractivity contribution in [3.05, 3.63) is 61.4 Å². The largest absolute Gasteiger partial charge is 0.494 e. The van der Waals surface area contributed by atoms with Gasteiger partial charge in [-0.05, 0) is 46.9 Å². The van der Waals surface area contributed by atoms with Crippen molar-refractivity contribution in [2.24, 2.45) is 0 Å². The lowest BCUT2D eigenvalue weighted by Crippen LogP contribution is -2.05. The third-order valence-electron chi connectivity index (χ3n) is 2.76. The summed E-state index contributed by atoms with van der Waals surface area (Å²) in [6, 6.07) is 10.3. The first kappa shape index (κ1) is 14.7. The average molecular weight is 437 g/mol. The monoisotopic (exact) mass is 436 g/mol. The Bertz CT molecular complexity index is 604. The Morgan fingerprint density at radius 1 is 1.26 bits per heavy atom. The highest BCUT2D eigenvalue weighted by atomic mass is 127. The summed E-state index contributed by atoms with van der Waals surface area (Å²) in [5, 5.41) is 10.4.